The SMILES string of the molecule is CC(C)CC(NC(=O)c1cc2ccccc2o1)C(=O)N[C@H]1CCCN(S(=O)(=O)c2ccccc2C#N)CC1=O. The van der Waals surface area contributed by atoms with E-state index in [9.17, 15) is 28.1 Å². The van der Waals surface area contributed by atoms with Crippen LogP contribution in [0.5, 0.6) is 0 Å². The number of benzene rings is 2. The molecule has 204 valence electrons. The Morgan fingerprint density at radius 2 is 1.87 bits per heavy atom. The lowest BCUT2D eigenvalue weighted by Gasteiger charge is -2.23. The highest BCUT2D eigenvalue weighted by molar-refractivity contribution is 7.89. The summed E-state index contributed by atoms with van der Waals surface area (Å²) in [4.78, 5) is 39.1. The molecule has 1 aliphatic rings. The first-order valence-corrected chi connectivity index (χ1v) is 14.2. The minimum Gasteiger partial charge on any atom is -0.451 e. The van der Waals surface area contributed by atoms with Crippen molar-refractivity contribution < 1.29 is 27.2 Å². The maximum absolute atomic E-state index is 13.3. The van der Waals surface area contributed by atoms with E-state index in [0.29, 0.717) is 18.4 Å². The van der Waals surface area contributed by atoms with Crippen molar-refractivity contribution in [3.05, 3.63) is 65.9 Å². The van der Waals surface area contributed by atoms with Crippen molar-refractivity contribution >= 4 is 38.6 Å². The number of nitrogens with one attached hydrogen (secondary N) is 2. The van der Waals surface area contributed by atoms with E-state index in [1.165, 1.54) is 18.2 Å². The molecule has 0 saturated carbocycles. The van der Waals surface area contributed by atoms with Crippen LogP contribution in [0.15, 0.2) is 63.9 Å². The third-order valence-corrected chi connectivity index (χ3v) is 8.44. The monoisotopic (exact) mass is 550 g/mol. The van der Waals surface area contributed by atoms with Crippen molar-refractivity contribution in [2.24, 2.45) is 5.92 Å². The lowest BCUT2D eigenvalue weighted by atomic mass is 10.0. The number of hydrogen-bond acceptors (Lipinski definition) is 7. The summed E-state index contributed by atoms with van der Waals surface area (Å²) in [6, 6.07) is 14.6. The van der Waals surface area contributed by atoms with E-state index in [1.54, 1.807) is 24.3 Å². The van der Waals surface area contributed by atoms with Gasteiger partial charge in [0.05, 0.1) is 23.0 Å². The van der Waals surface area contributed by atoms with Crippen LogP contribution in [-0.2, 0) is 19.6 Å². The minimum absolute atomic E-state index is 0.00392. The zero-order valence-electron chi connectivity index (χ0n) is 21.7. The predicted octanol–water partition coefficient (Wildman–Crippen LogP) is 2.99. The Bertz CT molecular complexity index is 1510. The largest absolute Gasteiger partial charge is 0.451 e. The molecule has 0 bridgehead atoms. The van der Waals surface area contributed by atoms with Gasteiger partial charge in [-0.25, -0.2) is 8.42 Å². The normalized spacial score (nSPS) is 17.4. The Morgan fingerprint density at radius 1 is 1.15 bits per heavy atom. The second-order valence-corrected chi connectivity index (χ2v) is 11.8. The number of sulfonamides is 1. The Hall–Kier alpha value is -4.01. The van der Waals surface area contributed by atoms with Crippen LogP contribution >= 0.6 is 0 Å². The van der Waals surface area contributed by atoms with Gasteiger partial charge in [-0.1, -0.05) is 44.2 Å². The number of ketones is 1. The van der Waals surface area contributed by atoms with Gasteiger partial charge >= 0.3 is 0 Å². The van der Waals surface area contributed by atoms with Crippen molar-refractivity contribution in [2.45, 2.75) is 50.1 Å². The van der Waals surface area contributed by atoms with Crippen molar-refractivity contribution in [3.8, 4) is 6.07 Å². The van der Waals surface area contributed by atoms with E-state index in [-0.39, 0.29) is 35.1 Å². The molecule has 1 aromatic heterocycles. The highest BCUT2D eigenvalue weighted by Gasteiger charge is 2.35. The summed E-state index contributed by atoms with van der Waals surface area (Å²) in [6.45, 7) is 3.45. The molecule has 4 rings (SSSR count). The van der Waals surface area contributed by atoms with Gasteiger partial charge in [0.2, 0.25) is 15.9 Å². The van der Waals surface area contributed by atoms with Gasteiger partial charge in [0, 0.05) is 11.9 Å². The van der Waals surface area contributed by atoms with Crippen molar-refractivity contribution in [1.29, 1.82) is 5.26 Å². The number of rotatable bonds is 8. The molecule has 0 aliphatic carbocycles. The molecule has 11 heteroatoms. The average Bonchev–Trinajstić information content (AvgIpc) is 3.26. The molecular formula is C28H30N4O6S. The summed E-state index contributed by atoms with van der Waals surface area (Å²) in [5.74, 6) is -1.42. The summed E-state index contributed by atoms with van der Waals surface area (Å²) < 4.78 is 33.1. The molecule has 1 fully saturated rings. The second-order valence-electron chi connectivity index (χ2n) is 9.92. The van der Waals surface area contributed by atoms with E-state index in [2.05, 4.69) is 10.6 Å². The smallest absolute Gasteiger partial charge is 0.287 e. The molecule has 2 atom stereocenters. The van der Waals surface area contributed by atoms with E-state index in [4.69, 9.17) is 4.42 Å². The highest BCUT2D eigenvalue weighted by Crippen LogP contribution is 2.23. The van der Waals surface area contributed by atoms with Crippen LogP contribution in [-0.4, -0.2) is 55.5 Å². The van der Waals surface area contributed by atoms with Gasteiger partial charge in [-0.2, -0.15) is 9.57 Å². The summed E-state index contributed by atoms with van der Waals surface area (Å²) in [5.41, 5.74) is 0.546. The van der Waals surface area contributed by atoms with Crippen LogP contribution in [0, 0.1) is 17.2 Å². The van der Waals surface area contributed by atoms with E-state index in [0.717, 1.165) is 9.69 Å². The molecule has 2 heterocycles. The van der Waals surface area contributed by atoms with Crippen LogP contribution in [0.1, 0.15) is 49.2 Å². The number of amides is 2. The molecule has 1 unspecified atom stereocenters. The molecule has 1 aliphatic heterocycles. The zero-order chi connectivity index (χ0) is 28.2. The Kier molecular flexibility index (Phi) is 8.47. The molecule has 1 saturated heterocycles. The highest BCUT2D eigenvalue weighted by atomic mass is 32.2. The lowest BCUT2D eigenvalue weighted by molar-refractivity contribution is -0.129. The molecule has 39 heavy (non-hydrogen) atoms. The van der Waals surface area contributed by atoms with E-state index >= 15 is 0 Å². The first-order valence-electron chi connectivity index (χ1n) is 12.7. The number of Topliss-reactive ketones (excluding diaryl/α,β-unsaturated/α-hetero) is 1. The number of nitrogens with zero attached hydrogens (tertiary/aromatic N) is 2. The average molecular weight is 551 g/mol. The van der Waals surface area contributed by atoms with Crippen LogP contribution < -0.4 is 10.6 Å². The van der Waals surface area contributed by atoms with Gasteiger partial charge in [-0.15, -0.1) is 0 Å². The maximum Gasteiger partial charge on any atom is 0.287 e. The third-order valence-electron chi connectivity index (χ3n) is 6.54. The van der Waals surface area contributed by atoms with Crippen LogP contribution in [0.2, 0.25) is 0 Å². The zero-order valence-corrected chi connectivity index (χ0v) is 22.5. The first-order chi connectivity index (χ1) is 18.6. The Balaban J connectivity index is 1.46. The molecule has 2 aromatic carbocycles. The molecule has 10 nitrogen and oxygen atoms in total. The Labute approximate surface area is 227 Å². The first kappa shape index (κ1) is 28.0. The second kappa shape index (κ2) is 11.8. The fraction of sp³-hybridized carbons (Fsp3) is 0.357. The number of nitriles is 1. The van der Waals surface area contributed by atoms with Crippen LogP contribution in [0.3, 0.4) is 0 Å². The molecule has 2 N–H and O–H groups in total. The number of para-hydroxylation sites is 1. The van der Waals surface area contributed by atoms with Gasteiger partial charge in [-0.05, 0) is 49.4 Å². The van der Waals surface area contributed by atoms with E-state index < -0.39 is 46.2 Å². The fourth-order valence-electron chi connectivity index (χ4n) is 4.58. The van der Waals surface area contributed by atoms with Crippen molar-refractivity contribution in [2.75, 3.05) is 13.1 Å². The maximum atomic E-state index is 13.3. The molecule has 0 spiro atoms. The van der Waals surface area contributed by atoms with Gasteiger partial charge in [0.15, 0.2) is 11.5 Å². The minimum atomic E-state index is -4.09. The molecule has 0 radical (unpaired) electrons. The number of carbonyl (C=O) groups is 3. The van der Waals surface area contributed by atoms with Gasteiger partial charge in [0.1, 0.15) is 17.7 Å². The fourth-order valence-corrected chi connectivity index (χ4v) is 6.16. The summed E-state index contributed by atoms with van der Waals surface area (Å²) in [7, 11) is -4.09. The predicted molar refractivity (Wildman–Crippen MR) is 143 cm³/mol. The quantitative estimate of drug-likeness (QED) is 0.438. The Morgan fingerprint density at radius 3 is 2.59 bits per heavy atom. The van der Waals surface area contributed by atoms with Crippen LogP contribution in [0.25, 0.3) is 11.0 Å². The standard InChI is InChI=1S/C28H30N4O6S/c1-18(2)14-22(31-28(35)25-15-19-8-3-5-11-24(19)38-25)27(34)30-21-10-7-13-32(17-23(21)33)39(36,37)26-12-6-4-9-20(26)16-29/h3-6,8-9,11-12,15,18,21-22H,7,10,13-14,17H2,1-2H3,(H,30,34)(H,31,35)/t21-,22?/m0/s1. The molecule has 3 aromatic rings. The summed E-state index contributed by atoms with van der Waals surface area (Å²) >= 11 is 0. The molecule has 2 amide bonds. The number of fused-ring (bicyclic) bond motifs is 1. The van der Waals surface area contributed by atoms with Gasteiger partial charge in [0.25, 0.3) is 5.91 Å². The number of hydrogen-bond donors (Lipinski definition) is 2. The van der Waals surface area contributed by atoms with Crippen molar-refractivity contribution in [1.82, 2.24) is 14.9 Å². The topological polar surface area (TPSA) is 150 Å². The van der Waals surface area contributed by atoms with Crippen molar-refractivity contribution in [3.63, 3.8) is 0 Å². The summed E-state index contributed by atoms with van der Waals surface area (Å²) in [5, 5.41) is 15.5. The van der Waals surface area contributed by atoms with E-state index in [1.807, 2.05) is 32.0 Å². The molecular weight excluding hydrogens is 520 g/mol. The number of furan rings is 1. The summed E-state index contributed by atoms with van der Waals surface area (Å²) in [6.07, 6.45) is 0.886. The van der Waals surface area contributed by atoms with Gasteiger partial charge in [-0.3, -0.25) is 14.4 Å². The lowest BCUT2D eigenvalue weighted by Crippen LogP contribution is -2.52. The number of carbonyl (C=O) groups excluding carboxylic acids is 3. The van der Waals surface area contributed by atoms with Crippen LogP contribution in [0.4, 0.5) is 0 Å². The van der Waals surface area contributed by atoms with Gasteiger partial charge < -0.3 is 15.1 Å². The third kappa shape index (κ3) is 6.35.